The maximum Gasteiger partial charge on any atom is 0.338 e. The Morgan fingerprint density at radius 1 is 1.45 bits per heavy atom. The number of pyridine rings is 1. The predicted octanol–water partition coefficient (Wildman–Crippen LogP) is 2.91. The highest BCUT2D eigenvalue weighted by Gasteiger charge is 2.16. The van der Waals surface area contributed by atoms with Gasteiger partial charge >= 0.3 is 5.97 Å². The monoisotopic (exact) mass is 291 g/mol. The Labute approximate surface area is 122 Å². The van der Waals surface area contributed by atoms with Crippen LogP contribution in [0.4, 0.5) is 0 Å². The van der Waals surface area contributed by atoms with Gasteiger partial charge in [-0.15, -0.1) is 0 Å². The molecule has 0 radical (unpaired) electrons. The van der Waals surface area contributed by atoms with Gasteiger partial charge in [-0.3, -0.25) is 0 Å². The Morgan fingerprint density at radius 3 is 2.85 bits per heavy atom. The lowest BCUT2D eigenvalue weighted by atomic mass is 10.1. The molecule has 0 bridgehead atoms. The minimum atomic E-state index is -0.929. The van der Waals surface area contributed by atoms with Gasteiger partial charge in [0.2, 0.25) is 0 Å². The predicted molar refractivity (Wildman–Crippen MR) is 78.1 cm³/mol. The molecule has 6 heteroatoms. The molecule has 2 rings (SSSR count). The highest BCUT2D eigenvalue weighted by Crippen LogP contribution is 2.27. The van der Waals surface area contributed by atoms with Crippen LogP contribution < -0.4 is 0 Å². The van der Waals surface area contributed by atoms with Gasteiger partial charge in [0.15, 0.2) is 0 Å². The summed E-state index contributed by atoms with van der Waals surface area (Å²) >= 11 is 1.44. The van der Waals surface area contributed by atoms with E-state index in [1.165, 1.54) is 11.8 Å². The summed E-state index contributed by atoms with van der Waals surface area (Å²) in [6.07, 6.45) is 3.59. The van der Waals surface area contributed by atoms with E-state index in [-0.39, 0.29) is 0 Å². The van der Waals surface area contributed by atoms with Crippen molar-refractivity contribution in [3.05, 3.63) is 41.1 Å². The van der Waals surface area contributed by atoms with Crippen LogP contribution in [0.2, 0.25) is 0 Å². The van der Waals surface area contributed by atoms with E-state index in [2.05, 4.69) is 9.97 Å². The minimum Gasteiger partial charge on any atom is -0.478 e. The molecule has 0 aliphatic rings. The van der Waals surface area contributed by atoms with Crippen molar-refractivity contribution in [1.82, 2.24) is 14.5 Å². The zero-order chi connectivity index (χ0) is 14.7. The number of imidazole rings is 1. The van der Waals surface area contributed by atoms with E-state index in [1.54, 1.807) is 25.5 Å². The molecule has 0 amide bonds. The average Bonchev–Trinajstić information content (AvgIpc) is 2.82. The summed E-state index contributed by atoms with van der Waals surface area (Å²) in [5.41, 5.74) is 2.94. The van der Waals surface area contributed by atoms with Crippen LogP contribution >= 0.6 is 11.8 Å². The van der Waals surface area contributed by atoms with Crippen molar-refractivity contribution in [1.29, 1.82) is 0 Å². The summed E-state index contributed by atoms with van der Waals surface area (Å²) in [4.78, 5) is 19.8. The van der Waals surface area contributed by atoms with Crippen LogP contribution in [-0.2, 0) is 12.3 Å². The quantitative estimate of drug-likeness (QED) is 0.858. The van der Waals surface area contributed by atoms with Gasteiger partial charge in [-0.1, -0.05) is 11.8 Å². The van der Waals surface area contributed by atoms with E-state index in [0.29, 0.717) is 16.3 Å². The summed E-state index contributed by atoms with van der Waals surface area (Å²) in [5.74, 6) is -0.272. The van der Waals surface area contributed by atoms with Crippen molar-refractivity contribution in [2.24, 2.45) is 0 Å². The molecule has 2 aromatic heterocycles. The summed E-state index contributed by atoms with van der Waals surface area (Å²) < 4.78 is 2.04. The van der Waals surface area contributed by atoms with Gasteiger partial charge in [-0.25, -0.2) is 14.8 Å². The fourth-order valence-corrected chi connectivity index (χ4v) is 3.19. The lowest BCUT2D eigenvalue weighted by molar-refractivity contribution is 0.0691. The van der Waals surface area contributed by atoms with Crippen LogP contribution in [0.1, 0.15) is 34.2 Å². The standard InChI is InChI=1S/C14H17N3O2S/c1-4-17-8-15-6-11(17)7-20-13-12(14(18)19)9(2)5-10(3)16-13/h5-6,8H,4,7H2,1-3H3,(H,18,19). The maximum absolute atomic E-state index is 11.4. The third-order valence-corrected chi connectivity index (χ3v) is 4.03. The first-order valence-corrected chi connectivity index (χ1v) is 7.34. The molecular weight excluding hydrogens is 274 g/mol. The van der Waals surface area contributed by atoms with Gasteiger partial charge in [0.1, 0.15) is 5.03 Å². The van der Waals surface area contributed by atoms with E-state index in [9.17, 15) is 9.90 Å². The molecule has 0 aliphatic heterocycles. The molecule has 0 aromatic carbocycles. The lowest BCUT2D eigenvalue weighted by Crippen LogP contribution is -2.06. The second kappa shape index (κ2) is 6.09. The SMILES string of the molecule is CCn1cncc1CSc1nc(C)cc(C)c1C(=O)O. The molecule has 0 unspecified atom stereocenters. The van der Waals surface area contributed by atoms with Crippen molar-refractivity contribution in [2.45, 2.75) is 38.1 Å². The van der Waals surface area contributed by atoms with Crippen molar-refractivity contribution in [3.8, 4) is 0 Å². The van der Waals surface area contributed by atoms with Gasteiger partial charge in [0, 0.05) is 29.9 Å². The van der Waals surface area contributed by atoms with Crippen LogP contribution in [0.25, 0.3) is 0 Å². The second-order valence-corrected chi connectivity index (χ2v) is 5.49. The van der Waals surface area contributed by atoms with Gasteiger partial charge in [0.25, 0.3) is 0 Å². The molecule has 0 saturated heterocycles. The highest BCUT2D eigenvalue weighted by molar-refractivity contribution is 7.98. The van der Waals surface area contributed by atoms with Gasteiger partial charge in [-0.2, -0.15) is 0 Å². The minimum absolute atomic E-state index is 0.295. The first kappa shape index (κ1) is 14.6. The number of hydrogen-bond acceptors (Lipinski definition) is 4. The molecule has 0 saturated carbocycles. The molecule has 0 fully saturated rings. The topological polar surface area (TPSA) is 68.0 Å². The fraction of sp³-hybridized carbons (Fsp3) is 0.357. The summed E-state index contributed by atoms with van der Waals surface area (Å²) in [7, 11) is 0. The summed E-state index contributed by atoms with van der Waals surface area (Å²) in [6, 6.07) is 1.80. The molecule has 0 spiro atoms. The summed E-state index contributed by atoms with van der Waals surface area (Å²) in [6.45, 7) is 6.58. The smallest absolute Gasteiger partial charge is 0.338 e. The van der Waals surface area contributed by atoms with Crippen LogP contribution in [0.15, 0.2) is 23.6 Å². The van der Waals surface area contributed by atoms with E-state index >= 15 is 0 Å². The number of carboxylic acid groups (broad SMARTS) is 1. The highest BCUT2D eigenvalue weighted by atomic mass is 32.2. The molecule has 1 N–H and O–H groups in total. The van der Waals surface area contributed by atoms with Gasteiger partial charge in [-0.05, 0) is 32.4 Å². The molecular formula is C14H17N3O2S. The zero-order valence-corrected chi connectivity index (χ0v) is 12.6. The van der Waals surface area contributed by atoms with Crippen molar-refractivity contribution < 1.29 is 9.90 Å². The van der Waals surface area contributed by atoms with Crippen LogP contribution in [0, 0.1) is 13.8 Å². The molecule has 0 aliphatic carbocycles. The average molecular weight is 291 g/mol. The first-order chi connectivity index (χ1) is 9.52. The number of rotatable bonds is 5. The first-order valence-electron chi connectivity index (χ1n) is 6.36. The van der Waals surface area contributed by atoms with Crippen LogP contribution in [-0.4, -0.2) is 25.6 Å². The third kappa shape index (κ3) is 3.01. The molecule has 2 aromatic rings. The van der Waals surface area contributed by atoms with Crippen molar-refractivity contribution >= 4 is 17.7 Å². The van der Waals surface area contributed by atoms with Crippen molar-refractivity contribution in [3.63, 3.8) is 0 Å². The van der Waals surface area contributed by atoms with Gasteiger partial charge < -0.3 is 9.67 Å². The Morgan fingerprint density at radius 2 is 2.20 bits per heavy atom. The Kier molecular flexibility index (Phi) is 4.44. The molecule has 0 atom stereocenters. The third-order valence-electron chi connectivity index (χ3n) is 3.02. The van der Waals surface area contributed by atoms with Gasteiger partial charge in [0.05, 0.1) is 11.9 Å². The number of aryl methyl sites for hydroxylation is 3. The van der Waals surface area contributed by atoms with E-state index in [0.717, 1.165) is 23.5 Å². The number of thioether (sulfide) groups is 1. The summed E-state index contributed by atoms with van der Waals surface area (Å²) in [5, 5.41) is 9.89. The normalized spacial score (nSPS) is 10.8. The Bertz CT molecular complexity index is 637. The van der Waals surface area contributed by atoms with Crippen LogP contribution in [0.5, 0.6) is 0 Å². The fourth-order valence-electron chi connectivity index (χ4n) is 2.06. The number of carbonyl (C=O) groups is 1. The Hall–Kier alpha value is -1.82. The largest absolute Gasteiger partial charge is 0.478 e. The number of carboxylic acids is 1. The van der Waals surface area contributed by atoms with E-state index in [4.69, 9.17) is 0 Å². The Balaban J connectivity index is 2.27. The maximum atomic E-state index is 11.4. The van der Waals surface area contributed by atoms with E-state index in [1.807, 2.05) is 18.4 Å². The molecule has 106 valence electrons. The number of nitrogens with zero attached hydrogens (tertiary/aromatic N) is 3. The number of aromatic nitrogens is 3. The molecule has 5 nitrogen and oxygen atoms in total. The zero-order valence-electron chi connectivity index (χ0n) is 11.8. The molecule has 2 heterocycles. The number of aromatic carboxylic acids is 1. The second-order valence-electron chi connectivity index (χ2n) is 4.53. The van der Waals surface area contributed by atoms with E-state index < -0.39 is 5.97 Å². The number of hydrogen-bond donors (Lipinski definition) is 1. The van der Waals surface area contributed by atoms with Crippen LogP contribution in [0.3, 0.4) is 0 Å². The lowest BCUT2D eigenvalue weighted by Gasteiger charge is -2.10. The van der Waals surface area contributed by atoms with Crippen molar-refractivity contribution in [2.75, 3.05) is 0 Å². The molecule has 20 heavy (non-hydrogen) atoms.